The van der Waals surface area contributed by atoms with Gasteiger partial charge in [-0.3, -0.25) is 4.79 Å². The molecule has 3 N–H and O–H groups in total. The number of carbonyl (C=O) groups excluding carboxylic acids is 1. The van der Waals surface area contributed by atoms with Gasteiger partial charge in [0.05, 0.1) is 6.54 Å². The highest BCUT2D eigenvalue weighted by Gasteiger charge is 2.12. The van der Waals surface area contributed by atoms with Crippen LogP contribution in [0.3, 0.4) is 0 Å². The van der Waals surface area contributed by atoms with Crippen molar-refractivity contribution in [3.63, 3.8) is 0 Å². The van der Waals surface area contributed by atoms with Crippen LogP contribution < -0.4 is 16.0 Å². The first-order valence-corrected chi connectivity index (χ1v) is 6.87. The molecule has 7 nitrogen and oxygen atoms in total. The lowest BCUT2D eigenvalue weighted by molar-refractivity contribution is -0.121. The van der Waals surface area contributed by atoms with Gasteiger partial charge in [0.25, 0.3) is 0 Å². The van der Waals surface area contributed by atoms with Crippen molar-refractivity contribution in [3.05, 3.63) is 5.89 Å². The van der Waals surface area contributed by atoms with Crippen LogP contribution in [0.2, 0.25) is 0 Å². The Bertz CT molecular complexity index is 423. The van der Waals surface area contributed by atoms with Crippen LogP contribution in [0.4, 0.5) is 6.01 Å². The molecule has 0 atom stereocenters. The number of anilines is 1. The molecule has 1 heterocycles. The lowest BCUT2D eigenvalue weighted by atomic mass is 10.1. The third kappa shape index (κ3) is 7.08. The number of nitrogens with one attached hydrogen (secondary N) is 3. The molecule has 1 aromatic rings. The standard InChI is InChI=1S/C13H25N5O2/c1-9(2)16-10(19)6-7-14-12-18-17-11(20-12)8-15-13(3,4)5/h9,15H,6-8H2,1-5H3,(H,14,18)(H,16,19). The molecule has 0 bridgehead atoms. The van der Waals surface area contributed by atoms with Crippen molar-refractivity contribution in [1.82, 2.24) is 20.8 Å². The molecule has 0 aliphatic carbocycles. The van der Waals surface area contributed by atoms with Crippen LogP contribution in [0.15, 0.2) is 4.42 Å². The molecule has 0 radical (unpaired) electrons. The molecular weight excluding hydrogens is 258 g/mol. The summed E-state index contributed by atoms with van der Waals surface area (Å²) in [5.41, 5.74) is -0.00298. The fourth-order valence-corrected chi connectivity index (χ4v) is 1.41. The second-order valence-corrected chi connectivity index (χ2v) is 6.00. The maximum Gasteiger partial charge on any atom is 0.315 e. The third-order valence-electron chi connectivity index (χ3n) is 2.31. The number of hydrogen-bond donors (Lipinski definition) is 3. The quantitative estimate of drug-likeness (QED) is 0.698. The summed E-state index contributed by atoms with van der Waals surface area (Å²) in [4.78, 5) is 11.4. The van der Waals surface area contributed by atoms with E-state index in [1.807, 2.05) is 13.8 Å². The minimum atomic E-state index is -0.00298. The van der Waals surface area contributed by atoms with Gasteiger partial charge in [-0.15, -0.1) is 5.10 Å². The average Bonchev–Trinajstić information content (AvgIpc) is 2.72. The van der Waals surface area contributed by atoms with E-state index in [4.69, 9.17) is 4.42 Å². The molecule has 0 saturated carbocycles. The monoisotopic (exact) mass is 283 g/mol. The van der Waals surface area contributed by atoms with Crippen molar-refractivity contribution < 1.29 is 9.21 Å². The first-order chi connectivity index (χ1) is 9.26. The van der Waals surface area contributed by atoms with Crippen molar-refractivity contribution in [2.24, 2.45) is 0 Å². The number of amides is 1. The van der Waals surface area contributed by atoms with Crippen molar-refractivity contribution in [2.75, 3.05) is 11.9 Å². The predicted molar refractivity (Wildman–Crippen MR) is 77.3 cm³/mol. The van der Waals surface area contributed by atoms with E-state index in [0.29, 0.717) is 31.4 Å². The van der Waals surface area contributed by atoms with E-state index in [1.54, 1.807) is 0 Å². The summed E-state index contributed by atoms with van der Waals surface area (Å²) in [7, 11) is 0. The number of carbonyl (C=O) groups is 1. The van der Waals surface area contributed by atoms with E-state index >= 15 is 0 Å². The molecule has 0 unspecified atom stereocenters. The van der Waals surface area contributed by atoms with E-state index in [2.05, 4.69) is 46.9 Å². The van der Waals surface area contributed by atoms with Crippen molar-refractivity contribution >= 4 is 11.9 Å². The summed E-state index contributed by atoms with van der Waals surface area (Å²) < 4.78 is 5.41. The van der Waals surface area contributed by atoms with E-state index in [9.17, 15) is 4.79 Å². The number of aromatic nitrogens is 2. The molecule has 0 aliphatic heterocycles. The molecule has 1 amide bonds. The maximum absolute atomic E-state index is 11.4. The molecule has 0 aliphatic rings. The van der Waals surface area contributed by atoms with Crippen LogP contribution >= 0.6 is 0 Å². The van der Waals surface area contributed by atoms with Crippen LogP contribution in [-0.4, -0.2) is 34.2 Å². The SMILES string of the molecule is CC(C)NC(=O)CCNc1nnc(CNC(C)(C)C)o1. The van der Waals surface area contributed by atoms with Gasteiger partial charge in [-0.2, -0.15) is 0 Å². The Morgan fingerprint density at radius 1 is 1.30 bits per heavy atom. The van der Waals surface area contributed by atoms with Crippen LogP contribution in [0, 0.1) is 0 Å². The molecule has 1 rings (SSSR count). The first kappa shape index (κ1) is 16.4. The Morgan fingerprint density at radius 3 is 2.60 bits per heavy atom. The van der Waals surface area contributed by atoms with E-state index in [0.717, 1.165) is 0 Å². The Labute approximate surface area is 119 Å². The van der Waals surface area contributed by atoms with Crippen LogP contribution in [0.1, 0.15) is 46.9 Å². The summed E-state index contributed by atoms with van der Waals surface area (Å²) in [5.74, 6) is 0.524. The van der Waals surface area contributed by atoms with E-state index in [-0.39, 0.29) is 17.5 Å². The van der Waals surface area contributed by atoms with Gasteiger partial charge in [0.1, 0.15) is 0 Å². The summed E-state index contributed by atoms with van der Waals surface area (Å²) in [5, 5.41) is 16.8. The van der Waals surface area contributed by atoms with Gasteiger partial charge in [-0.1, -0.05) is 5.10 Å². The van der Waals surface area contributed by atoms with Crippen LogP contribution in [-0.2, 0) is 11.3 Å². The van der Waals surface area contributed by atoms with Crippen LogP contribution in [0.5, 0.6) is 0 Å². The molecule has 114 valence electrons. The Balaban J connectivity index is 2.28. The van der Waals surface area contributed by atoms with Crippen molar-refractivity contribution in [1.29, 1.82) is 0 Å². The van der Waals surface area contributed by atoms with Gasteiger partial charge < -0.3 is 20.4 Å². The minimum absolute atomic E-state index is 0.00152. The second kappa shape index (κ2) is 7.23. The van der Waals surface area contributed by atoms with Gasteiger partial charge in [-0.05, 0) is 34.6 Å². The number of hydrogen-bond acceptors (Lipinski definition) is 6. The first-order valence-electron chi connectivity index (χ1n) is 6.87. The fourth-order valence-electron chi connectivity index (χ4n) is 1.41. The summed E-state index contributed by atoms with van der Waals surface area (Å²) in [6, 6.07) is 0.494. The number of nitrogens with zero attached hydrogens (tertiary/aromatic N) is 2. The van der Waals surface area contributed by atoms with Gasteiger partial charge in [0.2, 0.25) is 11.8 Å². The third-order valence-corrected chi connectivity index (χ3v) is 2.31. The summed E-state index contributed by atoms with van der Waals surface area (Å²) in [6.45, 7) is 11.0. The van der Waals surface area contributed by atoms with Gasteiger partial charge >= 0.3 is 6.01 Å². The largest absolute Gasteiger partial charge is 0.407 e. The van der Waals surface area contributed by atoms with Gasteiger partial charge in [0, 0.05) is 24.5 Å². The molecule has 1 aromatic heterocycles. The minimum Gasteiger partial charge on any atom is -0.407 e. The average molecular weight is 283 g/mol. The molecule has 7 heteroatoms. The van der Waals surface area contributed by atoms with Gasteiger partial charge in [-0.25, -0.2) is 0 Å². The lowest BCUT2D eigenvalue weighted by Gasteiger charge is -2.18. The highest BCUT2D eigenvalue weighted by molar-refractivity contribution is 5.76. The van der Waals surface area contributed by atoms with E-state index in [1.165, 1.54) is 0 Å². The fraction of sp³-hybridized carbons (Fsp3) is 0.769. The number of rotatable bonds is 7. The summed E-state index contributed by atoms with van der Waals surface area (Å²) in [6.07, 6.45) is 0.371. The molecular formula is C13H25N5O2. The molecule has 20 heavy (non-hydrogen) atoms. The zero-order valence-corrected chi connectivity index (χ0v) is 12.9. The second-order valence-electron chi connectivity index (χ2n) is 6.00. The lowest BCUT2D eigenvalue weighted by Crippen LogP contribution is -2.35. The van der Waals surface area contributed by atoms with Crippen LogP contribution in [0.25, 0.3) is 0 Å². The molecule has 0 aromatic carbocycles. The highest BCUT2D eigenvalue weighted by Crippen LogP contribution is 2.07. The normalized spacial score (nSPS) is 11.7. The highest BCUT2D eigenvalue weighted by atomic mass is 16.4. The molecule has 0 fully saturated rings. The Morgan fingerprint density at radius 2 is 2.00 bits per heavy atom. The van der Waals surface area contributed by atoms with Crippen molar-refractivity contribution in [3.8, 4) is 0 Å². The Kier molecular flexibility index (Phi) is 5.94. The molecule has 0 spiro atoms. The van der Waals surface area contributed by atoms with Gasteiger partial charge in [0.15, 0.2) is 0 Å². The van der Waals surface area contributed by atoms with E-state index < -0.39 is 0 Å². The predicted octanol–water partition coefficient (Wildman–Crippen LogP) is 1.28. The Hall–Kier alpha value is -1.63. The van der Waals surface area contributed by atoms with Crippen molar-refractivity contribution in [2.45, 2.75) is 59.2 Å². The smallest absolute Gasteiger partial charge is 0.315 e. The zero-order chi connectivity index (χ0) is 15.2. The zero-order valence-electron chi connectivity index (χ0n) is 12.9. The topological polar surface area (TPSA) is 92.1 Å². The summed E-state index contributed by atoms with van der Waals surface area (Å²) >= 11 is 0. The molecule has 0 saturated heterocycles. The maximum atomic E-state index is 11.4.